The van der Waals surface area contributed by atoms with Crippen molar-refractivity contribution in [3.05, 3.63) is 119 Å². The first-order valence-electron chi connectivity index (χ1n) is 20.2. The number of carbonyl (C=O) groups is 4. The van der Waals surface area contributed by atoms with Crippen molar-refractivity contribution in [2.45, 2.75) is 101 Å². The molecule has 57 heavy (non-hydrogen) atoms. The summed E-state index contributed by atoms with van der Waals surface area (Å²) in [5.41, 5.74) is 7.90. The van der Waals surface area contributed by atoms with Crippen LogP contribution in [0.3, 0.4) is 0 Å². The number of esters is 3. The monoisotopic (exact) mass is 772 g/mol. The van der Waals surface area contributed by atoms with E-state index in [4.69, 9.17) is 18.9 Å². The Kier molecular flexibility index (Phi) is 12.4. The van der Waals surface area contributed by atoms with Gasteiger partial charge >= 0.3 is 24.0 Å². The van der Waals surface area contributed by atoms with Gasteiger partial charge in [0, 0.05) is 11.8 Å². The maximum absolute atomic E-state index is 13.8. The Bertz CT molecular complexity index is 1990. The van der Waals surface area contributed by atoms with E-state index in [1.54, 1.807) is 20.8 Å². The highest BCUT2D eigenvalue weighted by Gasteiger charge is 2.34. The second kappa shape index (κ2) is 17.8. The van der Waals surface area contributed by atoms with Crippen molar-refractivity contribution in [2.75, 3.05) is 19.8 Å². The number of amides is 1. The van der Waals surface area contributed by atoms with Crippen molar-refractivity contribution in [1.29, 1.82) is 0 Å². The quantitative estimate of drug-likeness (QED) is 0.0963. The van der Waals surface area contributed by atoms with Gasteiger partial charge in [-0.1, -0.05) is 103 Å². The van der Waals surface area contributed by atoms with Crippen LogP contribution in [0.5, 0.6) is 0 Å². The molecule has 2 N–H and O–H groups in total. The van der Waals surface area contributed by atoms with Gasteiger partial charge in [0.1, 0.15) is 37.0 Å². The first kappa shape index (κ1) is 39.7. The lowest BCUT2D eigenvalue weighted by Crippen LogP contribution is -2.48. The van der Waals surface area contributed by atoms with Gasteiger partial charge in [-0.2, -0.15) is 0 Å². The predicted octanol–water partition coefficient (Wildman–Crippen LogP) is 8.21. The summed E-state index contributed by atoms with van der Waals surface area (Å²) in [6, 6.07) is 30.1. The molecule has 4 aromatic rings. The molecule has 7 rings (SSSR count). The number of hydrogen-bond donors (Lipinski definition) is 2. The number of hydrogen-bond acceptors (Lipinski definition) is 9. The lowest BCUT2D eigenvalue weighted by molar-refractivity contribution is -0.158. The molecule has 1 saturated carbocycles. The Morgan fingerprint density at radius 3 is 1.60 bits per heavy atom. The van der Waals surface area contributed by atoms with Gasteiger partial charge < -0.3 is 29.6 Å². The summed E-state index contributed by atoms with van der Waals surface area (Å²) < 4.78 is 23.2. The van der Waals surface area contributed by atoms with Crippen molar-refractivity contribution in [3.8, 4) is 22.3 Å². The topological polar surface area (TPSA) is 129 Å². The molecule has 0 heterocycles. The summed E-state index contributed by atoms with van der Waals surface area (Å²) in [4.78, 5) is 53.9. The van der Waals surface area contributed by atoms with Crippen LogP contribution < -0.4 is 10.6 Å². The van der Waals surface area contributed by atoms with Gasteiger partial charge in [-0.3, -0.25) is 9.59 Å². The smallest absolute Gasteiger partial charge is 0.407 e. The zero-order chi connectivity index (χ0) is 39.9. The molecule has 1 amide bonds. The minimum atomic E-state index is -1.11. The van der Waals surface area contributed by atoms with Gasteiger partial charge in [0.05, 0.1) is 6.42 Å². The van der Waals surface area contributed by atoms with E-state index in [1.807, 2.05) is 72.8 Å². The van der Waals surface area contributed by atoms with Crippen LogP contribution in [0.2, 0.25) is 0 Å². The van der Waals surface area contributed by atoms with Crippen LogP contribution in [0.1, 0.15) is 99.8 Å². The molecule has 298 valence electrons. The summed E-state index contributed by atoms with van der Waals surface area (Å²) in [5, 5.41) is 5.85. The van der Waals surface area contributed by atoms with Crippen molar-refractivity contribution in [2.24, 2.45) is 0 Å². The molecule has 10 nitrogen and oxygen atoms in total. The van der Waals surface area contributed by atoms with E-state index in [0.29, 0.717) is 0 Å². The average Bonchev–Trinajstić information content (AvgIpc) is 3.70. The zero-order valence-electron chi connectivity index (χ0n) is 33.0. The Hall–Kier alpha value is -5.48. The highest BCUT2D eigenvalue weighted by molar-refractivity contribution is 5.84. The Morgan fingerprint density at radius 2 is 1.11 bits per heavy atom. The molecular weight excluding hydrogens is 721 g/mol. The molecule has 1 fully saturated rings. The van der Waals surface area contributed by atoms with Crippen molar-refractivity contribution in [3.63, 3.8) is 0 Å². The standard InChI is InChI=1S/C47H52N2O8/c1-47(2,3)57-45(52)41(49-46(53)55-29-40-37-23-13-9-19-33(37)34-20-10-14-24-38(34)40)25-26-48-42(27-43(50)56-30-15-5-4-6-16-30)44(51)54-28-39-35-21-11-7-17-31(35)32-18-8-12-22-36(32)39/h7-14,17-24,30,39-42,48H,4-6,15-16,25-29H2,1-3H3,(H,49,53)/t41-,42-/m0/s1. The number of ether oxygens (including phenoxy) is 4. The van der Waals surface area contributed by atoms with Crippen molar-refractivity contribution in [1.82, 2.24) is 10.6 Å². The second-order valence-electron chi connectivity index (χ2n) is 16.2. The number of fused-ring (bicyclic) bond motifs is 6. The van der Waals surface area contributed by atoms with Gasteiger partial charge in [-0.25, -0.2) is 9.59 Å². The van der Waals surface area contributed by atoms with Crippen LogP contribution in [0.25, 0.3) is 22.3 Å². The Balaban J connectivity index is 1.01. The van der Waals surface area contributed by atoms with E-state index in [0.717, 1.165) is 76.6 Å². The van der Waals surface area contributed by atoms with E-state index in [1.165, 1.54) is 0 Å². The minimum Gasteiger partial charge on any atom is -0.464 e. The average molecular weight is 773 g/mol. The van der Waals surface area contributed by atoms with Gasteiger partial charge in [-0.15, -0.1) is 0 Å². The lowest BCUT2D eigenvalue weighted by Gasteiger charge is -2.26. The molecule has 3 aliphatic carbocycles. The summed E-state index contributed by atoms with van der Waals surface area (Å²) in [6.07, 6.45) is 3.56. The Morgan fingerprint density at radius 1 is 0.632 bits per heavy atom. The summed E-state index contributed by atoms with van der Waals surface area (Å²) >= 11 is 0. The molecule has 0 saturated heterocycles. The first-order chi connectivity index (χ1) is 27.6. The predicted molar refractivity (Wildman–Crippen MR) is 217 cm³/mol. The van der Waals surface area contributed by atoms with E-state index in [-0.39, 0.29) is 50.5 Å². The van der Waals surface area contributed by atoms with Gasteiger partial charge in [0.25, 0.3) is 0 Å². The van der Waals surface area contributed by atoms with Crippen LogP contribution in [0.15, 0.2) is 97.1 Å². The number of nitrogens with one attached hydrogen (secondary N) is 2. The van der Waals surface area contributed by atoms with E-state index < -0.39 is 41.7 Å². The van der Waals surface area contributed by atoms with Crippen LogP contribution in [-0.2, 0) is 33.3 Å². The lowest BCUT2D eigenvalue weighted by atomic mass is 9.98. The summed E-state index contributed by atoms with van der Waals surface area (Å²) in [7, 11) is 0. The highest BCUT2D eigenvalue weighted by atomic mass is 16.6. The van der Waals surface area contributed by atoms with Crippen LogP contribution >= 0.6 is 0 Å². The molecule has 0 spiro atoms. The summed E-state index contributed by atoms with van der Waals surface area (Å²) in [6.45, 7) is 5.48. The van der Waals surface area contributed by atoms with Crippen LogP contribution in [0.4, 0.5) is 4.79 Å². The fourth-order valence-corrected chi connectivity index (χ4v) is 8.33. The maximum Gasteiger partial charge on any atom is 0.407 e. The van der Waals surface area contributed by atoms with Gasteiger partial charge in [0.2, 0.25) is 0 Å². The molecule has 3 aliphatic rings. The normalized spacial score (nSPS) is 16.0. The first-order valence-corrected chi connectivity index (χ1v) is 20.2. The fraction of sp³-hybridized carbons (Fsp3) is 0.404. The third-order valence-electron chi connectivity index (χ3n) is 11.0. The van der Waals surface area contributed by atoms with Crippen LogP contribution in [-0.4, -0.2) is 67.5 Å². The number of carbonyl (C=O) groups excluding carboxylic acids is 4. The highest BCUT2D eigenvalue weighted by Crippen LogP contribution is 2.45. The number of alkyl carbamates (subject to hydrolysis) is 1. The summed E-state index contributed by atoms with van der Waals surface area (Å²) in [5.74, 6) is -2.05. The van der Waals surface area contributed by atoms with Gasteiger partial charge in [-0.05, 0) is 104 Å². The largest absolute Gasteiger partial charge is 0.464 e. The molecule has 0 aromatic heterocycles. The van der Waals surface area contributed by atoms with Crippen molar-refractivity contribution < 1.29 is 38.1 Å². The van der Waals surface area contributed by atoms with Gasteiger partial charge in [0.15, 0.2) is 0 Å². The molecule has 0 unspecified atom stereocenters. The SMILES string of the molecule is CC(C)(C)OC(=O)[C@H](CCN[C@@H](CC(=O)OC1CCCCC1)C(=O)OCC1c2ccccc2-c2ccccc21)NC(=O)OCC1c2ccccc2-c2ccccc21. The maximum atomic E-state index is 13.8. The van der Waals surface area contributed by atoms with E-state index in [9.17, 15) is 19.2 Å². The molecule has 0 radical (unpaired) electrons. The third kappa shape index (κ3) is 9.56. The van der Waals surface area contributed by atoms with Crippen LogP contribution in [0, 0.1) is 0 Å². The molecule has 0 aliphatic heterocycles. The Labute approximate surface area is 334 Å². The van der Waals surface area contributed by atoms with Crippen molar-refractivity contribution >= 4 is 24.0 Å². The van der Waals surface area contributed by atoms with E-state index in [2.05, 4.69) is 34.9 Å². The molecule has 4 aromatic carbocycles. The number of rotatable bonds is 14. The van der Waals surface area contributed by atoms with E-state index >= 15 is 0 Å². The molecule has 0 bridgehead atoms. The third-order valence-corrected chi connectivity index (χ3v) is 11.0. The fourth-order valence-electron chi connectivity index (χ4n) is 8.33. The zero-order valence-corrected chi connectivity index (χ0v) is 33.0. The second-order valence-corrected chi connectivity index (χ2v) is 16.2. The minimum absolute atomic E-state index is 0.0456. The number of benzene rings is 4. The molecule has 10 heteroatoms. The molecular formula is C47H52N2O8. The molecule has 2 atom stereocenters.